The predicted molar refractivity (Wildman–Crippen MR) is 137 cm³/mol. The van der Waals surface area contributed by atoms with E-state index in [1.54, 1.807) is 12.4 Å². The Kier molecular flexibility index (Phi) is 5.29. The quantitative estimate of drug-likeness (QED) is 0.397. The Morgan fingerprint density at radius 2 is 1.17 bits per heavy atom. The molecule has 2 aliphatic rings. The summed E-state index contributed by atoms with van der Waals surface area (Å²) in [6.07, 6.45) is 7.35. The van der Waals surface area contributed by atoms with Crippen molar-refractivity contribution >= 4 is 11.4 Å². The number of anilines is 2. The minimum absolute atomic E-state index is 0.183. The van der Waals surface area contributed by atoms with E-state index in [1.807, 2.05) is 24.5 Å². The Hall–Kier alpha value is -4.06. The molecule has 2 aromatic heterocycles. The van der Waals surface area contributed by atoms with E-state index >= 15 is 0 Å². The largest absolute Gasteiger partial charge is 0.473 e. The van der Waals surface area contributed by atoms with E-state index in [0.29, 0.717) is 13.5 Å². The molecule has 0 aliphatic carbocycles. The fourth-order valence-electron chi connectivity index (χ4n) is 4.84. The van der Waals surface area contributed by atoms with Gasteiger partial charge in [0.2, 0.25) is 0 Å². The van der Waals surface area contributed by atoms with Crippen molar-refractivity contribution in [2.24, 2.45) is 0 Å². The number of aromatic nitrogens is 2. The smallest absolute Gasteiger partial charge is 0.161 e. The summed E-state index contributed by atoms with van der Waals surface area (Å²) in [5, 5.41) is 0. The first-order valence-corrected chi connectivity index (χ1v) is 11.9. The maximum atomic E-state index is 6.06. The van der Waals surface area contributed by atoms with Crippen LogP contribution in [0.15, 0.2) is 85.5 Å². The van der Waals surface area contributed by atoms with Crippen molar-refractivity contribution in [2.75, 3.05) is 23.3 Å². The Morgan fingerprint density at radius 1 is 0.686 bits per heavy atom. The summed E-state index contributed by atoms with van der Waals surface area (Å²) >= 11 is 0. The number of hydrogen-bond donors (Lipinski definition) is 0. The zero-order chi connectivity index (χ0) is 23.8. The van der Waals surface area contributed by atoms with Gasteiger partial charge in [0, 0.05) is 42.0 Å². The molecule has 0 saturated heterocycles. The molecular weight excluding hydrogens is 436 g/mol. The van der Waals surface area contributed by atoms with Gasteiger partial charge in [0.1, 0.15) is 11.5 Å². The second kappa shape index (κ2) is 8.62. The molecule has 0 saturated carbocycles. The number of benzene rings is 2. The van der Waals surface area contributed by atoms with E-state index < -0.39 is 0 Å². The molecule has 6 nitrogen and oxygen atoms in total. The Labute approximate surface area is 205 Å². The van der Waals surface area contributed by atoms with Crippen LogP contribution in [0.1, 0.15) is 36.1 Å². The fraction of sp³-hybridized carbons (Fsp3) is 0.241. The third-order valence-corrected chi connectivity index (χ3v) is 7.06. The van der Waals surface area contributed by atoms with Crippen molar-refractivity contribution in [3.05, 3.63) is 108 Å². The Balaban J connectivity index is 1.28. The van der Waals surface area contributed by atoms with Crippen molar-refractivity contribution in [1.82, 2.24) is 9.97 Å². The average Bonchev–Trinajstić information content (AvgIpc) is 2.92. The van der Waals surface area contributed by atoms with E-state index in [9.17, 15) is 0 Å². The second-order valence-electron chi connectivity index (χ2n) is 9.64. The summed E-state index contributed by atoms with van der Waals surface area (Å²) in [7, 11) is 0. The third kappa shape index (κ3) is 4.05. The Morgan fingerprint density at radius 3 is 1.60 bits per heavy atom. The number of hydrogen-bond acceptors (Lipinski definition) is 6. The van der Waals surface area contributed by atoms with Crippen LogP contribution in [-0.4, -0.2) is 23.4 Å². The van der Waals surface area contributed by atoms with Gasteiger partial charge < -0.3 is 19.3 Å². The fourth-order valence-corrected chi connectivity index (χ4v) is 4.84. The first-order chi connectivity index (χ1) is 17.1. The van der Waals surface area contributed by atoms with Gasteiger partial charge in [0.25, 0.3) is 0 Å². The summed E-state index contributed by atoms with van der Waals surface area (Å²) in [5.41, 5.74) is 6.84. The summed E-state index contributed by atoms with van der Waals surface area (Å²) in [5.74, 6) is 1.91. The van der Waals surface area contributed by atoms with Crippen LogP contribution in [0.3, 0.4) is 0 Å². The molecule has 0 bridgehead atoms. The molecule has 0 fully saturated rings. The Bertz CT molecular complexity index is 1240. The van der Waals surface area contributed by atoms with Crippen molar-refractivity contribution in [2.45, 2.75) is 32.4 Å². The first-order valence-electron chi connectivity index (χ1n) is 11.9. The molecule has 0 N–H and O–H groups in total. The molecule has 35 heavy (non-hydrogen) atoms. The highest BCUT2D eigenvalue weighted by atomic mass is 16.5. The highest BCUT2D eigenvalue weighted by molar-refractivity contribution is 5.53. The number of pyridine rings is 2. The van der Waals surface area contributed by atoms with Crippen molar-refractivity contribution in [3.63, 3.8) is 0 Å². The maximum Gasteiger partial charge on any atom is 0.161 e. The lowest BCUT2D eigenvalue weighted by Gasteiger charge is -2.34. The van der Waals surface area contributed by atoms with E-state index in [-0.39, 0.29) is 5.41 Å². The molecule has 0 radical (unpaired) electrons. The SMILES string of the molecule is CC(C)(c1ccc2c(c1)CN(c1cccnc1)CO2)c1ccc2c(c1)CN(c1cccnc1)CO2. The molecule has 0 amide bonds. The molecule has 176 valence electrons. The van der Waals surface area contributed by atoms with Crippen LogP contribution >= 0.6 is 0 Å². The molecule has 4 aromatic rings. The summed E-state index contributed by atoms with van der Waals surface area (Å²) in [6.45, 7) is 7.20. The second-order valence-corrected chi connectivity index (χ2v) is 9.64. The van der Waals surface area contributed by atoms with Crippen LogP contribution in [0.4, 0.5) is 11.4 Å². The minimum atomic E-state index is -0.183. The molecule has 2 aromatic carbocycles. The summed E-state index contributed by atoms with van der Waals surface area (Å²) in [4.78, 5) is 12.9. The standard InChI is InChI=1S/C29H28N4O2/c1-29(2,23-7-9-27-21(13-23)17-32(19-34-27)25-5-3-11-30-15-25)24-8-10-28-22(14-24)18-33(20-35-28)26-6-4-12-31-16-26/h3-16H,17-20H2,1-2H3. The maximum absolute atomic E-state index is 6.06. The van der Waals surface area contributed by atoms with Crippen molar-refractivity contribution in [3.8, 4) is 11.5 Å². The van der Waals surface area contributed by atoms with Gasteiger partial charge in [-0.15, -0.1) is 0 Å². The van der Waals surface area contributed by atoms with Gasteiger partial charge in [0.05, 0.1) is 23.8 Å². The van der Waals surface area contributed by atoms with Gasteiger partial charge >= 0.3 is 0 Å². The lowest BCUT2D eigenvalue weighted by Crippen LogP contribution is -2.33. The van der Waals surface area contributed by atoms with Crippen LogP contribution in [0.2, 0.25) is 0 Å². The monoisotopic (exact) mass is 464 g/mol. The molecule has 4 heterocycles. The third-order valence-electron chi connectivity index (χ3n) is 7.06. The molecular formula is C29H28N4O2. The zero-order valence-electron chi connectivity index (χ0n) is 20.0. The highest BCUT2D eigenvalue weighted by Crippen LogP contribution is 2.39. The average molecular weight is 465 g/mol. The van der Waals surface area contributed by atoms with Crippen LogP contribution < -0.4 is 19.3 Å². The lowest BCUT2D eigenvalue weighted by molar-refractivity contribution is 0.288. The minimum Gasteiger partial charge on any atom is -0.473 e. The summed E-state index contributed by atoms with van der Waals surface area (Å²) in [6, 6.07) is 21.2. The van der Waals surface area contributed by atoms with Crippen LogP contribution in [-0.2, 0) is 18.5 Å². The lowest BCUT2D eigenvalue weighted by atomic mass is 9.77. The first kappa shape index (κ1) is 21.5. The number of rotatable bonds is 4. The van der Waals surface area contributed by atoms with Gasteiger partial charge in [-0.3, -0.25) is 9.97 Å². The van der Waals surface area contributed by atoms with Crippen LogP contribution in [0.5, 0.6) is 11.5 Å². The number of ether oxygens (including phenoxy) is 2. The van der Waals surface area contributed by atoms with E-state index in [4.69, 9.17) is 9.47 Å². The van der Waals surface area contributed by atoms with E-state index in [2.05, 4.69) is 82.1 Å². The van der Waals surface area contributed by atoms with Gasteiger partial charge in [0.15, 0.2) is 13.5 Å². The van der Waals surface area contributed by atoms with E-state index in [0.717, 1.165) is 36.0 Å². The molecule has 0 atom stereocenters. The normalized spacial score (nSPS) is 15.0. The molecule has 0 unspecified atom stereocenters. The van der Waals surface area contributed by atoms with Crippen LogP contribution in [0, 0.1) is 0 Å². The molecule has 2 aliphatic heterocycles. The van der Waals surface area contributed by atoms with Gasteiger partial charge in [-0.1, -0.05) is 26.0 Å². The number of fused-ring (bicyclic) bond motifs is 2. The summed E-state index contributed by atoms with van der Waals surface area (Å²) < 4.78 is 12.1. The van der Waals surface area contributed by atoms with Crippen LogP contribution in [0.25, 0.3) is 0 Å². The zero-order valence-corrected chi connectivity index (χ0v) is 20.0. The topological polar surface area (TPSA) is 50.7 Å². The van der Waals surface area contributed by atoms with E-state index in [1.165, 1.54) is 22.3 Å². The molecule has 6 heteroatoms. The van der Waals surface area contributed by atoms with Gasteiger partial charge in [-0.2, -0.15) is 0 Å². The number of nitrogens with zero attached hydrogens (tertiary/aromatic N) is 4. The molecule has 0 spiro atoms. The van der Waals surface area contributed by atoms with Gasteiger partial charge in [-0.25, -0.2) is 0 Å². The predicted octanol–water partition coefficient (Wildman–Crippen LogP) is 5.52. The van der Waals surface area contributed by atoms with Gasteiger partial charge in [-0.05, 0) is 59.7 Å². The highest BCUT2D eigenvalue weighted by Gasteiger charge is 2.28. The van der Waals surface area contributed by atoms with Crippen molar-refractivity contribution < 1.29 is 9.47 Å². The molecule has 6 rings (SSSR count). The van der Waals surface area contributed by atoms with Crippen molar-refractivity contribution in [1.29, 1.82) is 0 Å².